The fraction of sp³-hybridized carbons (Fsp3) is 0.294. The van der Waals surface area contributed by atoms with Crippen molar-refractivity contribution in [1.82, 2.24) is 19.9 Å². The van der Waals surface area contributed by atoms with E-state index in [0.717, 1.165) is 35.4 Å². The van der Waals surface area contributed by atoms with Crippen molar-refractivity contribution in [2.75, 3.05) is 35.2 Å². The molecule has 3 aromatic rings. The monoisotopic (exact) mass is 427 g/mol. The maximum atomic E-state index is 5.88. The highest BCUT2D eigenvalue weighted by atomic mass is 35.5. The number of nitrogens with one attached hydrogen (secondary N) is 2. The molecule has 0 atom stereocenters. The lowest BCUT2D eigenvalue weighted by Crippen LogP contribution is -2.27. The summed E-state index contributed by atoms with van der Waals surface area (Å²) in [6, 6.07) is 6.18. The Hall–Kier alpha value is -2.09. The van der Waals surface area contributed by atoms with Crippen LogP contribution in [0.15, 0.2) is 36.0 Å². The molecule has 7 nitrogen and oxygen atoms in total. The number of H-pyrrole nitrogens is 1. The van der Waals surface area contributed by atoms with Crippen LogP contribution in [0, 0.1) is 6.92 Å². The van der Waals surface area contributed by atoms with Gasteiger partial charge in [0.2, 0.25) is 0 Å². The first-order valence-electron chi connectivity index (χ1n) is 8.13. The van der Waals surface area contributed by atoms with Crippen LogP contribution in [0.5, 0.6) is 0 Å². The van der Waals surface area contributed by atoms with Gasteiger partial charge >= 0.3 is 0 Å². The minimum Gasteiger partial charge on any atom is -0.369 e. The molecule has 2 aromatic heterocycles. The molecule has 0 spiro atoms. The minimum absolute atomic E-state index is 0. The molecule has 1 aromatic carbocycles. The summed E-state index contributed by atoms with van der Waals surface area (Å²) in [5.74, 6) is 1.70. The third-order valence-corrected chi connectivity index (χ3v) is 4.26. The van der Waals surface area contributed by atoms with Crippen molar-refractivity contribution in [3.63, 3.8) is 0 Å². The van der Waals surface area contributed by atoms with E-state index >= 15 is 0 Å². The average Bonchev–Trinajstić information content (AvgIpc) is 3.12. The Morgan fingerprint density at radius 2 is 1.96 bits per heavy atom. The van der Waals surface area contributed by atoms with Crippen molar-refractivity contribution in [1.29, 1.82) is 0 Å². The Balaban J connectivity index is 0.00000261. The third-order valence-electron chi connectivity index (χ3n) is 3.92. The summed E-state index contributed by atoms with van der Waals surface area (Å²) in [4.78, 5) is 17.5. The number of fused-ring (bicyclic) bond motifs is 1. The zero-order chi connectivity index (χ0) is 18.4. The number of imidazole rings is 1. The van der Waals surface area contributed by atoms with Crippen LogP contribution >= 0.6 is 35.6 Å². The fourth-order valence-corrected chi connectivity index (χ4v) is 3.00. The van der Waals surface area contributed by atoms with Crippen molar-refractivity contribution in [2.45, 2.75) is 6.92 Å². The predicted octanol–water partition coefficient (Wildman–Crippen LogP) is 3.81. The number of nitrogens with zero attached hydrogens (tertiary/aromatic N) is 5. The van der Waals surface area contributed by atoms with Crippen LogP contribution in [0.2, 0.25) is 0 Å². The van der Waals surface area contributed by atoms with Crippen LogP contribution in [-0.4, -0.2) is 51.0 Å². The van der Waals surface area contributed by atoms with Gasteiger partial charge in [0.15, 0.2) is 11.5 Å². The van der Waals surface area contributed by atoms with Crippen LogP contribution in [0.25, 0.3) is 11.2 Å². The summed E-state index contributed by atoms with van der Waals surface area (Å²) < 4.78 is 0. The summed E-state index contributed by atoms with van der Waals surface area (Å²) in [7, 11) is 0. The Morgan fingerprint density at radius 3 is 2.67 bits per heavy atom. The number of benzene rings is 1. The van der Waals surface area contributed by atoms with E-state index in [4.69, 9.17) is 23.2 Å². The zero-order valence-electron chi connectivity index (χ0n) is 14.7. The summed E-state index contributed by atoms with van der Waals surface area (Å²) >= 11 is 11.8. The van der Waals surface area contributed by atoms with Gasteiger partial charge in [-0.1, -0.05) is 6.07 Å². The highest BCUT2D eigenvalue weighted by Crippen LogP contribution is 2.19. The number of alkyl halides is 2. The predicted molar refractivity (Wildman–Crippen MR) is 115 cm³/mol. The molecule has 0 radical (unpaired) electrons. The molecule has 144 valence electrons. The number of anilines is 2. The van der Waals surface area contributed by atoms with Crippen LogP contribution in [0.4, 0.5) is 11.5 Å². The molecule has 0 fully saturated rings. The Bertz CT molecular complexity index is 891. The van der Waals surface area contributed by atoms with Crippen LogP contribution in [0.3, 0.4) is 0 Å². The molecule has 0 saturated heterocycles. The van der Waals surface area contributed by atoms with E-state index in [1.54, 1.807) is 12.5 Å². The molecule has 0 aliphatic heterocycles. The van der Waals surface area contributed by atoms with Crippen molar-refractivity contribution in [2.24, 2.45) is 5.10 Å². The highest BCUT2D eigenvalue weighted by Gasteiger charge is 2.07. The number of aromatic amines is 1. The number of aromatic nitrogens is 4. The summed E-state index contributed by atoms with van der Waals surface area (Å²) in [5, 5.41) is 4.28. The maximum absolute atomic E-state index is 5.88. The van der Waals surface area contributed by atoms with E-state index in [9.17, 15) is 0 Å². The molecule has 3 rings (SSSR count). The van der Waals surface area contributed by atoms with Crippen molar-refractivity contribution >= 4 is 64.5 Å². The van der Waals surface area contributed by atoms with Crippen LogP contribution in [-0.2, 0) is 0 Å². The molecular weight excluding hydrogens is 409 g/mol. The van der Waals surface area contributed by atoms with Crippen LogP contribution in [0.1, 0.15) is 11.1 Å². The molecule has 0 amide bonds. The highest BCUT2D eigenvalue weighted by molar-refractivity contribution is 6.18. The summed E-state index contributed by atoms with van der Waals surface area (Å²) in [6.07, 6.45) is 4.78. The smallest absolute Gasteiger partial charge is 0.182 e. The molecule has 2 N–H and O–H groups in total. The molecule has 0 aliphatic carbocycles. The van der Waals surface area contributed by atoms with Gasteiger partial charge in [0.1, 0.15) is 11.8 Å². The average molecular weight is 429 g/mol. The first kappa shape index (κ1) is 21.2. The Kier molecular flexibility index (Phi) is 8.09. The number of rotatable bonds is 8. The van der Waals surface area contributed by atoms with Gasteiger partial charge in [0, 0.05) is 30.5 Å². The minimum atomic E-state index is 0. The first-order valence-corrected chi connectivity index (χ1v) is 9.20. The lowest BCUT2D eigenvalue weighted by Gasteiger charge is -2.23. The second-order valence-corrected chi connectivity index (χ2v) is 6.36. The fourth-order valence-electron chi connectivity index (χ4n) is 2.59. The molecule has 0 unspecified atom stereocenters. The second kappa shape index (κ2) is 10.3. The normalized spacial score (nSPS) is 10.9. The van der Waals surface area contributed by atoms with Crippen molar-refractivity contribution in [3.05, 3.63) is 42.0 Å². The van der Waals surface area contributed by atoms with E-state index in [1.165, 1.54) is 6.33 Å². The SMILES string of the molecule is Cc1cc(N(CCCl)CCCl)ccc1/C=N/Nc1ncnc2nc[nH]c12.Cl. The van der Waals surface area contributed by atoms with Gasteiger partial charge in [0.25, 0.3) is 0 Å². The van der Waals surface area contributed by atoms with Crippen molar-refractivity contribution < 1.29 is 0 Å². The Morgan fingerprint density at radius 1 is 1.19 bits per heavy atom. The molecule has 10 heteroatoms. The quantitative estimate of drug-likeness (QED) is 0.324. The molecule has 27 heavy (non-hydrogen) atoms. The van der Waals surface area contributed by atoms with E-state index in [1.807, 2.05) is 19.1 Å². The largest absolute Gasteiger partial charge is 0.369 e. The number of halogens is 3. The van der Waals surface area contributed by atoms with Gasteiger partial charge in [-0.05, 0) is 30.2 Å². The molecule has 2 heterocycles. The van der Waals surface area contributed by atoms with E-state index in [2.05, 4.69) is 41.4 Å². The van der Waals surface area contributed by atoms with Gasteiger partial charge in [-0.2, -0.15) is 5.10 Å². The number of hydrogen-bond acceptors (Lipinski definition) is 6. The van der Waals surface area contributed by atoms with E-state index in [-0.39, 0.29) is 12.4 Å². The topological polar surface area (TPSA) is 82.1 Å². The van der Waals surface area contributed by atoms with Gasteiger partial charge in [0.05, 0.1) is 12.5 Å². The standard InChI is InChI=1S/C17H19Cl2N7.ClH/c1-12-8-14(26(6-4-18)7-5-19)3-2-13(12)9-24-25-17-15-16(21-10-20-15)22-11-23-17;/h2-3,8-11H,4-7H2,1H3,(H2,20,21,22,23,25);1H/b24-9+;. The molecular formula is C17H20Cl3N7. The first-order chi connectivity index (χ1) is 12.7. The number of hydrazone groups is 1. The molecule has 0 bridgehead atoms. The van der Waals surface area contributed by atoms with Gasteiger partial charge in [-0.25, -0.2) is 15.0 Å². The maximum Gasteiger partial charge on any atom is 0.182 e. The lowest BCUT2D eigenvalue weighted by atomic mass is 10.1. The Labute approximate surface area is 173 Å². The zero-order valence-corrected chi connectivity index (χ0v) is 17.0. The lowest BCUT2D eigenvalue weighted by molar-refractivity contribution is 0.873. The number of aryl methyl sites for hydroxylation is 1. The second-order valence-electron chi connectivity index (χ2n) is 5.60. The molecule has 0 saturated carbocycles. The van der Waals surface area contributed by atoms with Crippen LogP contribution < -0.4 is 10.3 Å². The van der Waals surface area contributed by atoms with Gasteiger partial charge in [-0.3, -0.25) is 5.43 Å². The van der Waals surface area contributed by atoms with E-state index < -0.39 is 0 Å². The third kappa shape index (κ3) is 5.22. The van der Waals surface area contributed by atoms with E-state index in [0.29, 0.717) is 23.2 Å². The summed E-state index contributed by atoms with van der Waals surface area (Å²) in [5.41, 5.74) is 7.46. The summed E-state index contributed by atoms with van der Waals surface area (Å²) in [6.45, 7) is 3.56. The van der Waals surface area contributed by atoms with Gasteiger partial charge in [-0.15, -0.1) is 35.6 Å². The number of hydrogen-bond donors (Lipinski definition) is 2. The van der Waals surface area contributed by atoms with Crippen molar-refractivity contribution in [3.8, 4) is 0 Å². The van der Waals surface area contributed by atoms with Gasteiger partial charge < -0.3 is 9.88 Å². The molecule has 0 aliphatic rings.